The molecule has 1 rings (SSSR count). The molecule has 0 fully saturated rings. The molecule has 0 bridgehead atoms. The molecule has 6 nitrogen and oxygen atoms in total. The van der Waals surface area contributed by atoms with E-state index in [1.165, 1.54) is 23.7 Å². The summed E-state index contributed by atoms with van der Waals surface area (Å²) in [5, 5.41) is 19.2. The zero-order valence-corrected chi connectivity index (χ0v) is 7.28. The van der Waals surface area contributed by atoms with E-state index in [0.717, 1.165) is 0 Å². The molecule has 0 spiro atoms. The molecule has 1 aromatic rings. The van der Waals surface area contributed by atoms with Gasteiger partial charge in [-0.25, -0.2) is 9.82 Å². The predicted octanol–water partition coefficient (Wildman–Crippen LogP) is 0.421. The van der Waals surface area contributed by atoms with Gasteiger partial charge in [0.1, 0.15) is 6.61 Å². The first kappa shape index (κ1) is 9.26. The van der Waals surface area contributed by atoms with E-state index < -0.39 is 0 Å². The predicted molar refractivity (Wildman–Crippen MR) is 44.4 cm³/mol. The van der Waals surface area contributed by atoms with Gasteiger partial charge in [-0.3, -0.25) is 0 Å². The summed E-state index contributed by atoms with van der Waals surface area (Å²) >= 11 is 1.27. The summed E-state index contributed by atoms with van der Waals surface area (Å²) in [5.74, 6) is 0. The van der Waals surface area contributed by atoms with Crippen LogP contribution in [0, 0.1) is 22.9 Å². The first-order chi connectivity index (χ1) is 6.26. The molecule has 0 aliphatic heterocycles. The van der Waals surface area contributed by atoms with Gasteiger partial charge < -0.3 is 5.73 Å². The quantitative estimate of drug-likeness (QED) is 0.426. The number of hydroxylamine groups is 2. The van der Waals surface area contributed by atoms with Gasteiger partial charge in [-0.05, 0) is 0 Å². The van der Waals surface area contributed by atoms with Crippen molar-refractivity contribution >= 4 is 16.5 Å². The molecule has 0 aliphatic rings. The maximum absolute atomic E-state index is 8.30. The highest BCUT2D eigenvalue weighted by molar-refractivity contribution is 7.13. The molecule has 13 heavy (non-hydrogen) atoms. The van der Waals surface area contributed by atoms with E-state index in [9.17, 15) is 0 Å². The SMILES string of the molecule is N#CN(C#N)OCc1csc(N)n1. The number of thiazole rings is 1. The Bertz CT molecular complexity index is 348. The van der Waals surface area contributed by atoms with E-state index in [1.807, 2.05) is 0 Å². The van der Waals surface area contributed by atoms with Gasteiger partial charge in [-0.1, -0.05) is 5.06 Å². The van der Waals surface area contributed by atoms with Crippen LogP contribution in [-0.2, 0) is 11.4 Å². The molecule has 0 saturated carbocycles. The highest BCUT2D eigenvalue weighted by Crippen LogP contribution is 2.11. The molecule has 0 aromatic carbocycles. The standard InChI is InChI=1S/C6H5N5OS/c7-3-11(4-8)12-1-5-2-13-6(9)10-5/h2H,1H2,(H2,9,10). The van der Waals surface area contributed by atoms with Crippen LogP contribution < -0.4 is 5.73 Å². The lowest BCUT2D eigenvalue weighted by Crippen LogP contribution is -2.11. The van der Waals surface area contributed by atoms with Crippen LogP contribution in [0.3, 0.4) is 0 Å². The molecular weight excluding hydrogens is 190 g/mol. The van der Waals surface area contributed by atoms with Gasteiger partial charge >= 0.3 is 0 Å². The van der Waals surface area contributed by atoms with Gasteiger partial charge in [0.25, 0.3) is 0 Å². The smallest absolute Gasteiger partial charge is 0.221 e. The summed E-state index contributed by atoms with van der Waals surface area (Å²) in [6.07, 6.45) is 3.05. The summed E-state index contributed by atoms with van der Waals surface area (Å²) in [6, 6.07) is 0. The van der Waals surface area contributed by atoms with E-state index >= 15 is 0 Å². The summed E-state index contributed by atoms with van der Waals surface area (Å²) in [4.78, 5) is 8.62. The molecule has 0 amide bonds. The lowest BCUT2D eigenvalue weighted by molar-refractivity contribution is -0.0793. The summed E-state index contributed by atoms with van der Waals surface area (Å²) < 4.78 is 0. The number of nitrogens with two attached hydrogens (primary N) is 1. The van der Waals surface area contributed by atoms with Crippen LogP contribution in [0.2, 0.25) is 0 Å². The van der Waals surface area contributed by atoms with Crippen LogP contribution in [0.5, 0.6) is 0 Å². The van der Waals surface area contributed by atoms with Crippen LogP contribution in [0.1, 0.15) is 5.69 Å². The average Bonchev–Trinajstić information content (AvgIpc) is 2.53. The molecule has 0 aliphatic carbocycles. The van der Waals surface area contributed by atoms with E-state index in [-0.39, 0.29) is 6.61 Å². The molecule has 0 saturated heterocycles. The Morgan fingerprint density at radius 2 is 2.31 bits per heavy atom. The number of hydrogen-bond acceptors (Lipinski definition) is 7. The number of hydrogen-bond donors (Lipinski definition) is 1. The number of anilines is 1. The Morgan fingerprint density at radius 1 is 1.62 bits per heavy atom. The molecule has 0 atom stereocenters. The summed E-state index contributed by atoms with van der Waals surface area (Å²) in [6.45, 7) is 0.0643. The van der Waals surface area contributed by atoms with Crippen molar-refractivity contribution < 1.29 is 4.84 Å². The minimum absolute atomic E-state index is 0.0643. The van der Waals surface area contributed by atoms with Crippen molar-refractivity contribution in [2.24, 2.45) is 0 Å². The molecule has 66 valence electrons. The molecule has 0 radical (unpaired) electrons. The first-order valence-corrected chi connectivity index (χ1v) is 4.06. The van der Waals surface area contributed by atoms with Crippen molar-refractivity contribution in [3.05, 3.63) is 11.1 Å². The van der Waals surface area contributed by atoms with Gasteiger partial charge in [-0.15, -0.1) is 11.3 Å². The third-order valence-corrected chi connectivity index (χ3v) is 1.82. The van der Waals surface area contributed by atoms with Gasteiger partial charge in [0.15, 0.2) is 5.13 Å². The van der Waals surface area contributed by atoms with Gasteiger partial charge in [0, 0.05) is 5.38 Å². The molecule has 1 heterocycles. The minimum Gasteiger partial charge on any atom is -0.375 e. The maximum Gasteiger partial charge on any atom is 0.221 e. The number of rotatable bonds is 3. The van der Waals surface area contributed by atoms with Crippen molar-refractivity contribution in [1.29, 1.82) is 10.5 Å². The Hall–Kier alpha value is -1.83. The Morgan fingerprint density at radius 3 is 2.77 bits per heavy atom. The zero-order chi connectivity index (χ0) is 9.68. The zero-order valence-electron chi connectivity index (χ0n) is 6.47. The van der Waals surface area contributed by atoms with E-state index in [4.69, 9.17) is 21.1 Å². The summed E-state index contributed by atoms with van der Waals surface area (Å²) in [5.41, 5.74) is 5.95. The van der Waals surface area contributed by atoms with E-state index in [0.29, 0.717) is 15.9 Å². The Kier molecular flexibility index (Phi) is 3.03. The lowest BCUT2D eigenvalue weighted by atomic mass is 10.5. The largest absolute Gasteiger partial charge is 0.375 e. The molecular formula is C6H5N5OS. The minimum atomic E-state index is 0.0643. The third-order valence-electron chi connectivity index (χ3n) is 1.09. The van der Waals surface area contributed by atoms with Crippen molar-refractivity contribution in [2.75, 3.05) is 5.73 Å². The molecule has 7 heteroatoms. The Labute approximate surface area is 78.3 Å². The normalized spacial score (nSPS) is 8.77. The van der Waals surface area contributed by atoms with Crippen LogP contribution >= 0.6 is 11.3 Å². The van der Waals surface area contributed by atoms with Crippen molar-refractivity contribution in [3.63, 3.8) is 0 Å². The van der Waals surface area contributed by atoms with E-state index in [1.54, 1.807) is 5.38 Å². The number of nitrogen functional groups attached to an aromatic ring is 1. The van der Waals surface area contributed by atoms with Gasteiger partial charge in [0.2, 0.25) is 12.4 Å². The first-order valence-electron chi connectivity index (χ1n) is 3.18. The number of aromatic nitrogens is 1. The fourth-order valence-corrected chi connectivity index (χ4v) is 1.15. The van der Waals surface area contributed by atoms with E-state index in [2.05, 4.69) is 4.98 Å². The third kappa shape index (κ3) is 2.60. The van der Waals surface area contributed by atoms with Crippen LogP contribution in [0.15, 0.2) is 5.38 Å². The van der Waals surface area contributed by atoms with Crippen LogP contribution in [0.25, 0.3) is 0 Å². The van der Waals surface area contributed by atoms with Gasteiger partial charge in [0.05, 0.1) is 5.69 Å². The van der Waals surface area contributed by atoms with Crippen molar-refractivity contribution in [2.45, 2.75) is 6.61 Å². The summed E-state index contributed by atoms with van der Waals surface area (Å²) in [7, 11) is 0. The van der Waals surface area contributed by atoms with Crippen LogP contribution in [-0.4, -0.2) is 10.0 Å². The molecule has 2 N–H and O–H groups in total. The highest BCUT2D eigenvalue weighted by atomic mass is 32.1. The van der Waals surface area contributed by atoms with Crippen molar-refractivity contribution in [1.82, 2.24) is 10.0 Å². The topological polar surface area (TPSA) is 99.0 Å². The fraction of sp³-hybridized carbons (Fsp3) is 0.167. The second kappa shape index (κ2) is 4.26. The van der Waals surface area contributed by atoms with Gasteiger partial charge in [-0.2, -0.15) is 10.5 Å². The highest BCUT2D eigenvalue weighted by Gasteiger charge is 2.03. The molecule has 0 unspecified atom stereocenters. The number of nitriles is 2. The Balaban J connectivity index is 2.45. The fourth-order valence-electron chi connectivity index (χ4n) is 0.600. The second-order valence-corrected chi connectivity index (χ2v) is 2.83. The second-order valence-electron chi connectivity index (χ2n) is 1.94. The molecule has 1 aromatic heterocycles. The average molecular weight is 195 g/mol. The monoisotopic (exact) mass is 195 g/mol. The number of nitrogens with zero attached hydrogens (tertiary/aromatic N) is 4. The lowest BCUT2D eigenvalue weighted by Gasteiger charge is -2.02. The maximum atomic E-state index is 8.30. The van der Waals surface area contributed by atoms with Crippen molar-refractivity contribution in [3.8, 4) is 12.4 Å². The van der Waals surface area contributed by atoms with Crippen LogP contribution in [0.4, 0.5) is 5.13 Å².